The highest BCUT2D eigenvalue weighted by Crippen LogP contribution is 2.22. The molecule has 8 heteroatoms. The number of benzene rings is 2. The molecule has 2 aromatic carbocycles. The van der Waals surface area contributed by atoms with Gasteiger partial charge in [-0.25, -0.2) is 18.1 Å². The first-order valence-electron chi connectivity index (χ1n) is 9.33. The van der Waals surface area contributed by atoms with Crippen LogP contribution < -0.4 is 10.0 Å². The Balaban J connectivity index is 1.33. The van der Waals surface area contributed by atoms with Gasteiger partial charge in [0.15, 0.2) is 0 Å². The fourth-order valence-corrected chi connectivity index (χ4v) is 4.39. The number of imidazole rings is 1. The van der Waals surface area contributed by atoms with Gasteiger partial charge in [0.05, 0.1) is 22.3 Å². The van der Waals surface area contributed by atoms with E-state index in [1.54, 1.807) is 18.5 Å². The van der Waals surface area contributed by atoms with Gasteiger partial charge in [0.25, 0.3) is 5.91 Å². The van der Waals surface area contributed by atoms with Crippen LogP contribution in [0.5, 0.6) is 0 Å². The van der Waals surface area contributed by atoms with Crippen LogP contribution in [-0.4, -0.2) is 36.5 Å². The molecule has 1 aliphatic carbocycles. The van der Waals surface area contributed by atoms with Crippen molar-refractivity contribution < 1.29 is 13.2 Å². The van der Waals surface area contributed by atoms with Crippen LogP contribution in [0.15, 0.2) is 59.8 Å². The Hall–Kier alpha value is -2.71. The Kier molecular flexibility index (Phi) is 5.15. The quantitative estimate of drug-likeness (QED) is 0.570. The van der Waals surface area contributed by atoms with E-state index in [2.05, 4.69) is 19.6 Å². The van der Waals surface area contributed by atoms with Gasteiger partial charge in [0.2, 0.25) is 10.0 Å². The van der Waals surface area contributed by atoms with Crippen LogP contribution in [0, 0.1) is 0 Å². The molecule has 0 aliphatic heterocycles. The molecule has 28 heavy (non-hydrogen) atoms. The average Bonchev–Trinajstić information content (AvgIpc) is 3.41. The first-order chi connectivity index (χ1) is 13.5. The summed E-state index contributed by atoms with van der Waals surface area (Å²) < 4.78 is 29.3. The second-order valence-electron chi connectivity index (χ2n) is 6.96. The minimum absolute atomic E-state index is 0.0294. The molecular weight excluding hydrogens is 376 g/mol. The number of sulfonamides is 1. The molecule has 146 valence electrons. The molecule has 0 spiro atoms. The van der Waals surface area contributed by atoms with E-state index in [-0.39, 0.29) is 16.8 Å². The van der Waals surface area contributed by atoms with Gasteiger partial charge < -0.3 is 9.88 Å². The number of nitrogens with one attached hydrogen (secondary N) is 2. The summed E-state index contributed by atoms with van der Waals surface area (Å²) >= 11 is 0. The van der Waals surface area contributed by atoms with Crippen molar-refractivity contribution in [2.24, 2.45) is 0 Å². The number of fused-ring (bicyclic) bond motifs is 1. The zero-order valence-electron chi connectivity index (χ0n) is 15.3. The highest BCUT2D eigenvalue weighted by molar-refractivity contribution is 7.89. The van der Waals surface area contributed by atoms with Gasteiger partial charge in [-0.1, -0.05) is 18.2 Å². The second-order valence-corrected chi connectivity index (χ2v) is 8.67. The normalized spacial score (nSPS) is 14.3. The number of rotatable bonds is 8. The van der Waals surface area contributed by atoms with E-state index in [1.165, 1.54) is 12.1 Å². The van der Waals surface area contributed by atoms with Crippen molar-refractivity contribution in [1.82, 2.24) is 19.6 Å². The van der Waals surface area contributed by atoms with Gasteiger partial charge in [0, 0.05) is 24.7 Å². The molecule has 0 unspecified atom stereocenters. The summed E-state index contributed by atoms with van der Waals surface area (Å²) in [6, 6.07) is 14.1. The Morgan fingerprint density at radius 3 is 2.79 bits per heavy atom. The fourth-order valence-electron chi connectivity index (χ4n) is 3.04. The van der Waals surface area contributed by atoms with E-state index in [4.69, 9.17) is 0 Å². The predicted molar refractivity (Wildman–Crippen MR) is 106 cm³/mol. The number of aryl methyl sites for hydroxylation is 1. The number of hydrogen-bond acceptors (Lipinski definition) is 4. The minimum Gasteiger partial charge on any atom is -0.352 e. The first kappa shape index (κ1) is 18.6. The summed E-state index contributed by atoms with van der Waals surface area (Å²) in [4.78, 5) is 16.9. The van der Waals surface area contributed by atoms with E-state index in [1.807, 2.05) is 24.3 Å². The summed E-state index contributed by atoms with van der Waals surface area (Å²) in [6.07, 6.45) is 4.28. The van der Waals surface area contributed by atoms with Gasteiger partial charge >= 0.3 is 0 Å². The largest absolute Gasteiger partial charge is 0.352 e. The van der Waals surface area contributed by atoms with Crippen LogP contribution in [0.3, 0.4) is 0 Å². The van der Waals surface area contributed by atoms with E-state index in [0.717, 1.165) is 36.8 Å². The van der Waals surface area contributed by atoms with Crippen molar-refractivity contribution in [3.05, 3.63) is 60.4 Å². The topological polar surface area (TPSA) is 93.1 Å². The molecule has 0 bridgehead atoms. The molecule has 1 heterocycles. The highest BCUT2D eigenvalue weighted by atomic mass is 32.2. The molecule has 2 N–H and O–H groups in total. The van der Waals surface area contributed by atoms with E-state index < -0.39 is 10.0 Å². The van der Waals surface area contributed by atoms with Crippen LogP contribution >= 0.6 is 0 Å². The van der Waals surface area contributed by atoms with E-state index in [9.17, 15) is 13.2 Å². The number of hydrogen-bond donors (Lipinski definition) is 2. The smallest absolute Gasteiger partial charge is 0.251 e. The number of carbonyl (C=O) groups is 1. The Morgan fingerprint density at radius 1 is 1.14 bits per heavy atom. The molecular formula is C20H22N4O3S. The van der Waals surface area contributed by atoms with Crippen molar-refractivity contribution >= 4 is 27.0 Å². The summed E-state index contributed by atoms with van der Waals surface area (Å²) in [6.45, 7) is 1.23. The van der Waals surface area contributed by atoms with Crippen LogP contribution in [0.2, 0.25) is 0 Å². The zero-order chi connectivity index (χ0) is 19.6. The highest BCUT2D eigenvalue weighted by Gasteiger charge is 2.28. The molecule has 0 atom stereocenters. The maximum Gasteiger partial charge on any atom is 0.251 e. The Morgan fingerprint density at radius 2 is 1.96 bits per heavy atom. The van der Waals surface area contributed by atoms with Gasteiger partial charge in [-0.15, -0.1) is 0 Å². The standard InChI is InChI=1S/C20H22N4O3S/c25-20(15-5-3-6-17(13-15)28(26,27)23-16-9-10-16)21-11-4-12-24-14-22-18-7-1-2-8-19(18)24/h1-3,5-8,13-14,16,23H,4,9-12H2,(H,21,25). The van der Waals surface area contributed by atoms with Crippen molar-refractivity contribution in [1.29, 1.82) is 0 Å². The summed E-state index contributed by atoms with van der Waals surface area (Å²) in [5, 5.41) is 2.85. The first-order valence-corrected chi connectivity index (χ1v) is 10.8. The Labute approximate surface area is 163 Å². The molecule has 0 saturated heterocycles. The maximum absolute atomic E-state index is 12.4. The zero-order valence-corrected chi connectivity index (χ0v) is 16.2. The fraction of sp³-hybridized carbons (Fsp3) is 0.300. The lowest BCUT2D eigenvalue weighted by Gasteiger charge is -2.09. The van der Waals surface area contributed by atoms with Crippen LogP contribution in [0.4, 0.5) is 0 Å². The lowest BCUT2D eigenvalue weighted by atomic mass is 10.2. The Bertz CT molecular complexity index is 1100. The van der Waals surface area contributed by atoms with Crippen molar-refractivity contribution in [2.75, 3.05) is 6.54 Å². The second kappa shape index (κ2) is 7.73. The van der Waals surface area contributed by atoms with Gasteiger partial charge in [-0.2, -0.15) is 0 Å². The average molecular weight is 398 g/mol. The van der Waals surface area contributed by atoms with Gasteiger partial charge in [-0.05, 0) is 49.6 Å². The molecule has 1 aromatic heterocycles. The summed E-state index contributed by atoms with van der Waals surface area (Å²) in [5.74, 6) is -0.279. The molecule has 7 nitrogen and oxygen atoms in total. The van der Waals surface area contributed by atoms with E-state index in [0.29, 0.717) is 12.1 Å². The van der Waals surface area contributed by atoms with Crippen LogP contribution in [0.25, 0.3) is 11.0 Å². The maximum atomic E-state index is 12.4. The summed E-state index contributed by atoms with van der Waals surface area (Å²) in [5.41, 5.74) is 2.35. The molecule has 1 saturated carbocycles. The van der Waals surface area contributed by atoms with Gasteiger partial charge in [-0.3, -0.25) is 4.79 Å². The molecule has 1 aliphatic rings. The van der Waals surface area contributed by atoms with Crippen molar-refractivity contribution in [3.8, 4) is 0 Å². The number of para-hydroxylation sites is 2. The third-order valence-corrected chi connectivity index (χ3v) is 6.21. The SMILES string of the molecule is O=C(NCCCn1cnc2ccccc21)c1cccc(S(=O)(=O)NC2CC2)c1. The third-order valence-electron chi connectivity index (χ3n) is 4.69. The van der Waals surface area contributed by atoms with Crippen LogP contribution in [-0.2, 0) is 16.6 Å². The number of amides is 1. The van der Waals surface area contributed by atoms with Gasteiger partial charge in [0.1, 0.15) is 0 Å². The molecule has 1 amide bonds. The monoisotopic (exact) mass is 398 g/mol. The summed E-state index contributed by atoms with van der Waals surface area (Å²) in [7, 11) is -3.57. The van der Waals surface area contributed by atoms with Crippen molar-refractivity contribution in [3.63, 3.8) is 0 Å². The predicted octanol–water partition coefficient (Wildman–Crippen LogP) is 2.30. The van der Waals surface area contributed by atoms with Crippen molar-refractivity contribution in [2.45, 2.75) is 36.7 Å². The lowest BCUT2D eigenvalue weighted by molar-refractivity contribution is 0.0952. The molecule has 1 fully saturated rings. The minimum atomic E-state index is -3.57. The van der Waals surface area contributed by atoms with Crippen LogP contribution in [0.1, 0.15) is 29.6 Å². The molecule has 4 rings (SSSR count). The lowest BCUT2D eigenvalue weighted by Crippen LogP contribution is -2.27. The van der Waals surface area contributed by atoms with E-state index >= 15 is 0 Å². The number of aromatic nitrogens is 2. The third kappa shape index (κ3) is 4.23. The number of nitrogens with zero attached hydrogens (tertiary/aromatic N) is 2. The molecule has 0 radical (unpaired) electrons. The molecule has 3 aromatic rings. The number of carbonyl (C=O) groups excluding carboxylic acids is 1.